The maximum atomic E-state index is 15.0. The number of sulfone groups is 1. The van der Waals surface area contributed by atoms with Gasteiger partial charge < -0.3 is 30.4 Å². The first-order chi connectivity index (χ1) is 31.3. The number of amides is 3. The molecule has 3 fully saturated rings. The minimum absolute atomic E-state index is 0.103. The van der Waals surface area contributed by atoms with Gasteiger partial charge in [-0.1, -0.05) is 79.9 Å². The van der Waals surface area contributed by atoms with Crippen molar-refractivity contribution in [3.8, 4) is 0 Å². The number of fused-ring (bicyclic) bond motifs is 2. The fourth-order valence-electron chi connectivity index (χ4n) is 9.66. The van der Waals surface area contributed by atoms with Gasteiger partial charge in [-0.25, -0.2) is 13.2 Å². The number of hydrogen-bond donors (Lipinski definition) is 4. The van der Waals surface area contributed by atoms with Crippen LogP contribution in [0.15, 0.2) is 84.9 Å². The lowest BCUT2D eigenvalue weighted by Crippen LogP contribution is -2.64. The third-order valence-electron chi connectivity index (χ3n) is 13.7. The van der Waals surface area contributed by atoms with Crippen LogP contribution in [-0.2, 0) is 41.9 Å². The highest BCUT2D eigenvalue weighted by Crippen LogP contribution is 2.39. The smallest absolute Gasteiger partial charge is 0.338 e. The summed E-state index contributed by atoms with van der Waals surface area (Å²) < 4.78 is 37.4. The van der Waals surface area contributed by atoms with Gasteiger partial charge in [0.05, 0.1) is 35.6 Å². The normalized spacial score (nSPS) is 21.2. The van der Waals surface area contributed by atoms with E-state index in [0.717, 1.165) is 61.5 Å². The second kappa shape index (κ2) is 20.8. The van der Waals surface area contributed by atoms with Crippen molar-refractivity contribution in [3.05, 3.63) is 107 Å². The fourth-order valence-corrected chi connectivity index (χ4v) is 10.3. The molecule has 3 amide bonds. The Morgan fingerprint density at radius 3 is 2.18 bits per heavy atom. The average Bonchev–Trinajstić information content (AvgIpc) is 3.72. The van der Waals surface area contributed by atoms with Crippen molar-refractivity contribution < 1.29 is 37.1 Å². The zero-order chi connectivity index (χ0) is 47.2. The molecule has 4 aromatic rings. The number of aromatic amines is 1. The number of aromatic nitrogens is 1. The Labute approximate surface area is 389 Å². The molecule has 3 aliphatic rings. The molecule has 0 spiro atoms. The summed E-state index contributed by atoms with van der Waals surface area (Å²) in [6.45, 7) is 13.1. The SMILES string of the molecule is CC(C)(C)NC(=O)C1CC2CCCCC2CN1CC(OC(=O)c1ccc(CN2CCOCC2)cc1)C(Cc1ccccc1)NC(=O)C(NC(=O)c1cc2ccccc2[nH]1)C(C)(C)S(C)(=O)=O. The summed E-state index contributed by atoms with van der Waals surface area (Å²) in [5.41, 5.74) is 2.56. The largest absolute Gasteiger partial charge is 0.455 e. The lowest BCUT2D eigenvalue weighted by Gasteiger charge is -2.47. The van der Waals surface area contributed by atoms with Gasteiger partial charge in [0.25, 0.3) is 5.91 Å². The molecule has 6 unspecified atom stereocenters. The number of hydrogen-bond acceptors (Lipinski definition) is 10. The Balaban J connectivity index is 1.25. The van der Waals surface area contributed by atoms with Crippen LogP contribution < -0.4 is 16.0 Å². The van der Waals surface area contributed by atoms with E-state index in [1.54, 1.807) is 18.2 Å². The first-order valence-electron chi connectivity index (χ1n) is 23.4. The molecule has 1 saturated carbocycles. The van der Waals surface area contributed by atoms with Gasteiger partial charge in [0, 0.05) is 55.4 Å². The Hall–Kier alpha value is -5.09. The highest BCUT2D eigenvalue weighted by atomic mass is 32.2. The first kappa shape index (κ1) is 48.8. The number of carbonyl (C=O) groups excluding carboxylic acids is 4. The van der Waals surface area contributed by atoms with Crippen LogP contribution in [0.4, 0.5) is 0 Å². The number of para-hydroxylation sites is 1. The van der Waals surface area contributed by atoms with Crippen molar-refractivity contribution in [3.63, 3.8) is 0 Å². The van der Waals surface area contributed by atoms with Crippen LogP contribution in [-0.4, -0.2) is 127 Å². The summed E-state index contributed by atoms with van der Waals surface area (Å²) in [6, 6.07) is 22.7. The monoisotopic (exact) mass is 924 g/mol. The number of ether oxygens (including phenoxy) is 2. The van der Waals surface area contributed by atoms with E-state index in [0.29, 0.717) is 55.6 Å². The van der Waals surface area contributed by atoms with Crippen LogP contribution in [0.2, 0.25) is 0 Å². The van der Waals surface area contributed by atoms with Gasteiger partial charge in [-0.2, -0.15) is 0 Å². The van der Waals surface area contributed by atoms with Gasteiger partial charge in [0.2, 0.25) is 11.8 Å². The Morgan fingerprint density at radius 2 is 1.52 bits per heavy atom. The van der Waals surface area contributed by atoms with E-state index in [-0.39, 0.29) is 24.6 Å². The van der Waals surface area contributed by atoms with Crippen molar-refractivity contribution in [2.75, 3.05) is 45.6 Å². The van der Waals surface area contributed by atoms with E-state index < -0.39 is 62.1 Å². The van der Waals surface area contributed by atoms with Crippen molar-refractivity contribution in [2.24, 2.45) is 11.8 Å². The van der Waals surface area contributed by atoms with Gasteiger partial charge in [-0.05, 0) is 101 Å². The summed E-state index contributed by atoms with van der Waals surface area (Å²) in [6.07, 6.45) is 5.13. The lowest BCUT2D eigenvalue weighted by molar-refractivity contribution is -0.133. The first-order valence-corrected chi connectivity index (χ1v) is 25.3. The number of benzene rings is 3. The summed E-state index contributed by atoms with van der Waals surface area (Å²) in [5, 5.41) is 9.86. The predicted molar refractivity (Wildman–Crippen MR) is 256 cm³/mol. The quantitative estimate of drug-likeness (QED) is 0.102. The Morgan fingerprint density at radius 1 is 0.848 bits per heavy atom. The number of nitrogens with one attached hydrogen (secondary N) is 4. The summed E-state index contributed by atoms with van der Waals surface area (Å²) in [5.74, 6) is -1.42. The van der Waals surface area contributed by atoms with E-state index in [1.165, 1.54) is 13.8 Å². The van der Waals surface area contributed by atoms with Gasteiger partial charge in [0.15, 0.2) is 9.84 Å². The number of likely N-dealkylation sites (tertiary alicyclic amines) is 1. The number of carbonyl (C=O) groups is 4. The third-order valence-corrected chi connectivity index (χ3v) is 15.9. The molecule has 6 atom stereocenters. The molecule has 15 heteroatoms. The maximum Gasteiger partial charge on any atom is 0.338 e. The van der Waals surface area contributed by atoms with Crippen LogP contribution in [0.3, 0.4) is 0 Å². The van der Waals surface area contributed by atoms with E-state index in [4.69, 9.17) is 9.47 Å². The van der Waals surface area contributed by atoms with Gasteiger partial charge >= 0.3 is 5.97 Å². The molecule has 66 heavy (non-hydrogen) atoms. The topological polar surface area (TPSA) is 179 Å². The second-order valence-corrected chi connectivity index (χ2v) is 22.7. The van der Waals surface area contributed by atoms with Crippen LogP contribution in [0.1, 0.15) is 98.7 Å². The minimum Gasteiger partial charge on any atom is -0.455 e. The molecule has 2 aliphatic heterocycles. The van der Waals surface area contributed by atoms with E-state index in [9.17, 15) is 22.8 Å². The van der Waals surface area contributed by atoms with Crippen molar-refractivity contribution >= 4 is 44.4 Å². The molecule has 3 heterocycles. The van der Waals surface area contributed by atoms with Gasteiger partial charge in [-0.3, -0.25) is 24.2 Å². The number of nitrogens with zero attached hydrogens (tertiary/aromatic N) is 2. The van der Waals surface area contributed by atoms with Crippen LogP contribution in [0, 0.1) is 11.8 Å². The second-order valence-electron chi connectivity index (χ2n) is 20.1. The van der Waals surface area contributed by atoms with E-state index >= 15 is 4.79 Å². The summed E-state index contributed by atoms with van der Waals surface area (Å²) in [7, 11) is -3.98. The number of rotatable bonds is 16. The van der Waals surface area contributed by atoms with E-state index in [2.05, 4.69) is 30.7 Å². The highest BCUT2D eigenvalue weighted by molar-refractivity contribution is 7.92. The predicted octanol–water partition coefficient (Wildman–Crippen LogP) is 5.67. The average molecular weight is 925 g/mol. The molecule has 0 radical (unpaired) electrons. The molecule has 7 rings (SSSR count). The van der Waals surface area contributed by atoms with E-state index in [1.807, 2.05) is 87.5 Å². The molecular weight excluding hydrogens is 857 g/mol. The zero-order valence-electron chi connectivity index (χ0n) is 39.3. The summed E-state index contributed by atoms with van der Waals surface area (Å²) in [4.78, 5) is 65.2. The molecule has 356 valence electrons. The van der Waals surface area contributed by atoms with Crippen molar-refractivity contribution in [1.82, 2.24) is 30.7 Å². The minimum atomic E-state index is -3.98. The number of esters is 1. The molecule has 1 aromatic heterocycles. The molecule has 14 nitrogen and oxygen atoms in total. The van der Waals surface area contributed by atoms with Crippen LogP contribution in [0.25, 0.3) is 10.9 Å². The zero-order valence-corrected chi connectivity index (χ0v) is 40.1. The standard InChI is InChI=1S/C51H68N6O8S/c1-50(2,3)55-47(59)43-30-37-16-10-11-18-39(37)32-57(43)33-44(65-49(61)36-22-20-35(21-23-36)31-56-24-26-64-27-25-56)41(28-34-14-8-7-9-15-34)53-48(60)45(51(4,5)66(6,62)63)54-46(58)42-29-38-17-12-13-19-40(38)52-42/h7-9,12-15,17,19-23,29,37,39,41,43-45,52H,10-11,16,18,24-28,30-33H2,1-6H3,(H,53,60)(H,54,58)(H,55,59). The van der Waals surface area contributed by atoms with Gasteiger partial charge in [0.1, 0.15) is 17.8 Å². The van der Waals surface area contributed by atoms with Crippen molar-refractivity contribution in [2.45, 2.75) is 114 Å². The molecule has 1 aliphatic carbocycles. The molecule has 4 N–H and O–H groups in total. The highest BCUT2D eigenvalue weighted by Gasteiger charge is 2.47. The molecule has 2 saturated heterocycles. The third kappa shape index (κ3) is 12.3. The maximum absolute atomic E-state index is 15.0. The van der Waals surface area contributed by atoms with Crippen LogP contribution in [0.5, 0.6) is 0 Å². The number of H-pyrrole nitrogens is 1. The van der Waals surface area contributed by atoms with Crippen molar-refractivity contribution in [1.29, 1.82) is 0 Å². The molecule has 0 bridgehead atoms. The Bertz CT molecular complexity index is 2390. The lowest BCUT2D eigenvalue weighted by atomic mass is 9.72. The van der Waals surface area contributed by atoms with Crippen LogP contribution >= 0.6 is 0 Å². The van der Waals surface area contributed by atoms with Gasteiger partial charge in [-0.15, -0.1) is 0 Å². The summed E-state index contributed by atoms with van der Waals surface area (Å²) >= 11 is 0. The Kier molecular flexibility index (Phi) is 15.4. The molecular formula is C51H68N6O8S. The number of piperidine rings is 1. The number of morpholine rings is 1. The molecule has 3 aromatic carbocycles. The fraction of sp³-hybridized carbons (Fsp3) is 0.529.